The summed E-state index contributed by atoms with van der Waals surface area (Å²) in [6, 6.07) is 10.2. The SMILES string of the molecule is Cc1cc(Br)cn(C(C)C(=O)c2ccccc2)c1=O. The van der Waals surface area contributed by atoms with E-state index in [0.29, 0.717) is 11.1 Å². The molecule has 2 aromatic rings. The maximum Gasteiger partial charge on any atom is 0.254 e. The number of nitrogens with zero attached hydrogens (tertiary/aromatic N) is 1. The molecule has 1 unspecified atom stereocenters. The van der Waals surface area contributed by atoms with Gasteiger partial charge in [0.15, 0.2) is 5.78 Å². The van der Waals surface area contributed by atoms with E-state index in [2.05, 4.69) is 15.9 Å². The number of Topliss-reactive ketones (excluding diaryl/α,β-unsaturated/α-hetero) is 1. The van der Waals surface area contributed by atoms with E-state index in [9.17, 15) is 9.59 Å². The van der Waals surface area contributed by atoms with Crippen molar-refractivity contribution in [1.82, 2.24) is 4.57 Å². The van der Waals surface area contributed by atoms with Crippen LogP contribution in [0.3, 0.4) is 0 Å². The fourth-order valence-electron chi connectivity index (χ4n) is 1.96. The van der Waals surface area contributed by atoms with E-state index in [1.165, 1.54) is 4.57 Å². The molecule has 0 fully saturated rings. The third-order valence-electron chi connectivity index (χ3n) is 3.04. The van der Waals surface area contributed by atoms with E-state index < -0.39 is 6.04 Å². The first-order valence-corrected chi connectivity index (χ1v) is 6.77. The van der Waals surface area contributed by atoms with Crippen LogP contribution in [0.1, 0.15) is 28.9 Å². The van der Waals surface area contributed by atoms with Gasteiger partial charge in [-0.2, -0.15) is 0 Å². The van der Waals surface area contributed by atoms with Crippen molar-refractivity contribution in [3.63, 3.8) is 0 Å². The molecule has 0 aliphatic heterocycles. The molecule has 0 spiro atoms. The first kappa shape index (κ1) is 13.7. The van der Waals surface area contributed by atoms with Crippen LogP contribution in [0.15, 0.2) is 51.9 Å². The summed E-state index contributed by atoms with van der Waals surface area (Å²) < 4.78 is 2.26. The molecule has 0 bridgehead atoms. The second kappa shape index (κ2) is 5.53. The molecular weight excluding hydrogens is 306 g/mol. The number of carbonyl (C=O) groups is 1. The summed E-state index contributed by atoms with van der Waals surface area (Å²) in [5, 5.41) is 0. The van der Waals surface area contributed by atoms with Crippen molar-refractivity contribution >= 4 is 21.7 Å². The summed E-state index contributed by atoms with van der Waals surface area (Å²) in [7, 11) is 0. The molecule has 1 aromatic heterocycles. The van der Waals surface area contributed by atoms with Gasteiger partial charge in [-0.05, 0) is 35.8 Å². The van der Waals surface area contributed by atoms with E-state index in [1.54, 1.807) is 38.2 Å². The number of aryl methyl sites for hydroxylation is 1. The van der Waals surface area contributed by atoms with Gasteiger partial charge < -0.3 is 4.57 Å². The van der Waals surface area contributed by atoms with Gasteiger partial charge in [-0.3, -0.25) is 9.59 Å². The Kier molecular flexibility index (Phi) is 4.00. The average molecular weight is 320 g/mol. The first-order valence-electron chi connectivity index (χ1n) is 5.98. The maximum atomic E-state index is 12.3. The number of ketones is 1. The second-order valence-corrected chi connectivity index (χ2v) is 5.38. The molecule has 98 valence electrons. The van der Waals surface area contributed by atoms with Crippen molar-refractivity contribution in [3.8, 4) is 0 Å². The Bertz CT molecular complexity index is 662. The van der Waals surface area contributed by atoms with E-state index in [4.69, 9.17) is 0 Å². The third kappa shape index (κ3) is 2.84. The van der Waals surface area contributed by atoms with Crippen molar-refractivity contribution in [2.45, 2.75) is 19.9 Å². The molecule has 19 heavy (non-hydrogen) atoms. The molecule has 3 nitrogen and oxygen atoms in total. The van der Waals surface area contributed by atoms with Crippen LogP contribution in [0.4, 0.5) is 0 Å². The van der Waals surface area contributed by atoms with Crippen molar-refractivity contribution in [2.75, 3.05) is 0 Å². The van der Waals surface area contributed by atoms with Crippen LogP contribution in [0.25, 0.3) is 0 Å². The molecule has 1 atom stereocenters. The Morgan fingerprint density at radius 2 is 1.89 bits per heavy atom. The maximum absolute atomic E-state index is 12.3. The van der Waals surface area contributed by atoms with Gasteiger partial charge >= 0.3 is 0 Å². The number of benzene rings is 1. The Hall–Kier alpha value is -1.68. The summed E-state index contributed by atoms with van der Waals surface area (Å²) in [5.41, 5.74) is 1.08. The topological polar surface area (TPSA) is 39.1 Å². The number of halogens is 1. The number of rotatable bonds is 3. The summed E-state index contributed by atoms with van der Waals surface area (Å²) in [5.74, 6) is -0.0693. The third-order valence-corrected chi connectivity index (χ3v) is 3.48. The highest BCUT2D eigenvalue weighted by Gasteiger charge is 2.18. The van der Waals surface area contributed by atoms with Gasteiger partial charge in [-0.25, -0.2) is 0 Å². The molecule has 0 saturated carbocycles. The van der Waals surface area contributed by atoms with Crippen LogP contribution >= 0.6 is 15.9 Å². The van der Waals surface area contributed by atoms with Crippen LogP contribution in [-0.4, -0.2) is 10.4 Å². The normalized spacial score (nSPS) is 12.2. The van der Waals surface area contributed by atoms with Gasteiger partial charge in [0.2, 0.25) is 0 Å². The zero-order chi connectivity index (χ0) is 14.0. The van der Waals surface area contributed by atoms with Gasteiger partial charge in [0, 0.05) is 21.8 Å². The minimum Gasteiger partial charge on any atom is -0.304 e. The second-order valence-electron chi connectivity index (χ2n) is 4.46. The Labute approximate surface area is 120 Å². The molecule has 0 saturated heterocycles. The van der Waals surface area contributed by atoms with Gasteiger partial charge in [0.05, 0.1) is 6.04 Å². The monoisotopic (exact) mass is 319 g/mol. The molecule has 1 heterocycles. The lowest BCUT2D eigenvalue weighted by Crippen LogP contribution is -2.29. The number of aromatic nitrogens is 1. The van der Waals surface area contributed by atoms with Crippen molar-refractivity contribution < 1.29 is 4.79 Å². The average Bonchev–Trinajstić information content (AvgIpc) is 2.42. The minimum absolute atomic E-state index is 0.0693. The highest BCUT2D eigenvalue weighted by Crippen LogP contribution is 2.16. The Morgan fingerprint density at radius 3 is 2.53 bits per heavy atom. The number of carbonyl (C=O) groups excluding carboxylic acids is 1. The number of pyridine rings is 1. The van der Waals surface area contributed by atoms with Gasteiger partial charge in [-0.1, -0.05) is 30.3 Å². The molecule has 1 aromatic carbocycles. The van der Waals surface area contributed by atoms with Crippen molar-refractivity contribution in [3.05, 3.63) is 68.5 Å². The number of hydrogen-bond acceptors (Lipinski definition) is 2. The van der Waals surface area contributed by atoms with Crippen LogP contribution < -0.4 is 5.56 Å². The van der Waals surface area contributed by atoms with Gasteiger partial charge in [0.25, 0.3) is 5.56 Å². The predicted molar refractivity (Wildman–Crippen MR) is 78.6 cm³/mol. The summed E-state index contributed by atoms with van der Waals surface area (Å²) >= 11 is 3.35. The quantitative estimate of drug-likeness (QED) is 0.814. The Morgan fingerprint density at radius 1 is 1.26 bits per heavy atom. The smallest absolute Gasteiger partial charge is 0.254 e. The van der Waals surface area contributed by atoms with E-state index in [0.717, 1.165) is 4.47 Å². The van der Waals surface area contributed by atoms with Crippen LogP contribution in [0.5, 0.6) is 0 Å². The zero-order valence-corrected chi connectivity index (χ0v) is 12.3. The summed E-state index contributed by atoms with van der Waals surface area (Å²) in [6.45, 7) is 3.48. The summed E-state index contributed by atoms with van der Waals surface area (Å²) in [6.07, 6.45) is 1.65. The summed E-state index contributed by atoms with van der Waals surface area (Å²) in [4.78, 5) is 24.4. The standard InChI is InChI=1S/C15H14BrNO2/c1-10-8-13(16)9-17(15(10)19)11(2)14(18)12-6-4-3-5-7-12/h3-9,11H,1-2H3. The zero-order valence-electron chi connectivity index (χ0n) is 10.8. The predicted octanol–water partition coefficient (Wildman–Crippen LogP) is 3.36. The lowest BCUT2D eigenvalue weighted by Gasteiger charge is -2.15. The molecule has 0 amide bonds. The lowest BCUT2D eigenvalue weighted by molar-refractivity contribution is 0.0933. The van der Waals surface area contributed by atoms with E-state index >= 15 is 0 Å². The molecular formula is C15H14BrNO2. The van der Waals surface area contributed by atoms with Crippen molar-refractivity contribution in [1.29, 1.82) is 0 Å². The molecule has 2 rings (SSSR count). The highest BCUT2D eigenvalue weighted by atomic mass is 79.9. The largest absolute Gasteiger partial charge is 0.304 e. The van der Waals surface area contributed by atoms with E-state index in [1.807, 2.05) is 18.2 Å². The number of hydrogen-bond donors (Lipinski definition) is 0. The fourth-order valence-corrected chi connectivity index (χ4v) is 2.52. The molecule has 0 aliphatic carbocycles. The highest BCUT2D eigenvalue weighted by molar-refractivity contribution is 9.10. The first-order chi connectivity index (χ1) is 9.00. The Balaban J connectivity index is 2.43. The van der Waals surface area contributed by atoms with E-state index in [-0.39, 0.29) is 11.3 Å². The lowest BCUT2D eigenvalue weighted by atomic mass is 10.1. The van der Waals surface area contributed by atoms with Gasteiger partial charge in [0.1, 0.15) is 0 Å². The molecule has 0 N–H and O–H groups in total. The van der Waals surface area contributed by atoms with Crippen LogP contribution in [0.2, 0.25) is 0 Å². The molecule has 4 heteroatoms. The molecule has 0 radical (unpaired) electrons. The van der Waals surface area contributed by atoms with Gasteiger partial charge in [-0.15, -0.1) is 0 Å². The van der Waals surface area contributed by atoms with Crippen LogP contribution in [-0.2, 0) is 0 Å². The van der Waals surface area contributed by atoms with Crippen molar-refractivity contribution in [2.24, 2.45) is 0 Å². The fraction of sp³-hybridized carbons (Fsp3) is 0.200. The minimum atomic E-state index is -0.522. The van der Waals surface area contributed by atoms with Crippen LogP contribution in [0, 0.1) is 6.92 Å². The molecule has 0 aliphatic rings.